The van der Waals surface area contributed by atoms with Crippen molar-refractivity contribution in [1.29, 1.82) is 0 Å². The van der Waals surface area contributed by atoms with E-state index < -0.39 is 0 Å². The fourth-order valence-corrected chi connectivity index (χ4v) is 3.15. The number of halogens is 1. The molecule has 0 spiro atoms. The van der Waals surface area contributed by atoms with E-state index in [1.54, 1.807) is 0 Å². The molecule has 0 amide bonds. The van der Waals surface area contributed by atoms with E-state index in [0.29, 0.717) is 12.0 Å². The highest BCUT2D eigenvalue weighted by Crippen LogP contribution is 2.30. The zero-order valence-electron chi connectivity index (χ0n) is 11.2. The van der Waals surface area contributed by atoms with Crippen LogP contribution in [-0.4, -0.2) is 30.0 Å². The molecule has 1 aliphatic rings. The van der Waals surface area contributed by atoms with E-state index in [9.17, 15) is 0 Å². The molecule has 2 unspecified atom stereocenters. The monoisotopic (exact) mass is 315 g/mol. The molecular formula is C13H22BrN3O. The van der Waals surface area contributed by atoms with Gasteiger partial charge in [0.2, 0.25) is 0 Å². The van der Waals surface area contributed by atoms with E-state index in [1.807, 2.05) is 13.2 Å². The topological polar surface area (TPSA) is 39.1 Å². The van der Waals surface area contributed by atoms with E-state index in [-0.39, 0.29) is 0 Å². The van der Waals surface area contributed by atoms with Crippen molar-refractivity contribution >= 4 is 15.9 Å². The highest BCUT2D eigenvalue weighted by atomic mass is 79.9. The highest BCUT2D eigenvalue weighted by Gasteiger charge is 2.24. The lowest BCUT2D eigenvalue weighted by molar-refractivity contribution is 0.181. The molecule has 4 nitrogen and oxygen atoms in total. The van der Waals surface area contributed by atoms with Crippen LogP contribution in [0.15, 0.2) is 10.7 Å². The van der Waals surface area contributed by atoms with E-state index in [1.165, 1.54) is 12.1 Å². The van der Waals surface area contributed by atoms with E-state index in [4.69, 9.17) is 4.74 Å². The average Bonchev–Trinajstić information content (AvgIpc) is 2.98. The van der Waals surface area contributed by atoms with Crippen LogP contribution in [0.2, 0.25) is 0 Å². The van der Waals surface area contributed by atoms with Gasteiger partial charge < -0.3 is 10.1 Å². The summed E-state index contributed by atoms with van der Waals surface area (Å²) in [5, 5.41) is 7.87. The fraction of sp³-hybridized carbons (Fsp3) is 0.769. The van der Waals surface area contributed by atoms with Gasteiger partial charge in [0.15, 0.2) is 0 Å². The number of hydrogen-bond acceptors (Lipinski definition) is 3. The summed E-state index contributed by atoms with van der Waals surface area (Å²) in [4.78, 5) is 0. The van der Waals surface area contributed by atoms with Gasteiger partial charge in [0.25, 0.3) is 0 Å². The van der Waals surface area contributed by atoms with Crippen LogP contribution >= 0.6 is 15.9 Å². The fourth-order valence-electron chi connectivity index (χ4n) is 2.58. The first-order valence-corrected chi connectivity index (χ1v) is 7.51. The number of ether oxygens (including phenoxy) is 1. The molecule has 0 saturated carbocycles. The van der Waals surface area contributed by atoms with Crippen LogP contribution in [0.1, 0.15) is 37.9 Å². The Balaban J connectivity index is 2.12. The Kier molecular flexibility index (Phi) is 5.21. The molecule has 1 aromatic rings. The number of aryl methyl sites for hydroxylation is 1. The van der Waals surface area contributed by atoms with Gasteiger partial charge in [-0.15, -0.1) is 0 Å². The van der Waals surface area contributed by atoms with E-state index in [2.05, 4.69) is 38.0 Å². The Labute approximate surface area is 117 Å². The van der Waals surface area contributed by atoms with E-state index in [0.717, 1.165) is 37.1 Å². The minimum absolute atomic E-state index is 0.347. The van der Waals surface area contributed by atoms with Crippen molar-refractivity contribution in [3.05, 3.63) is 16.4 Å². The second-order valence-corrected chi connectivity index (χ2v) is 5.76. The Bertz CT molecular complexity index is 374. The third kappa shape index (κ3) is 3.13. The zero-order valence-corrected chi connectivity index (χ0v) is 12.7. The molecular weight excluding hydrogens is 294 g/mol. The van der Waals surface area contributed by atoms with Crippen LogP contribution in [0.25, 0.3) is 0 Å². The molecule has 1 fully saturated rings. The SMILES string of the molecule is CCCn1ncc(Br)c1C(CC1CCOC1)NC. The summed E-state index contributed by atoms with van der Waals surface area (Å²) >= 11 is 3.62. The first-order valence-electron chi connectivity index (χ1n) is 6.72. The summed E-state index contributed by atoms with van der Waals surface area (Å²) in [6.07, 6.45) is 5.30. The minimum Gasteiger partial charge on any atom is -0.381 e. The Hall–Kier alpha value is -0.390. The lowest BCUT2D eigenvalue weighted by Crippen LogP contribution is -2.24. The van der Waals surface area contributed by atoms with Crippen molar-refractivity contribution in [3.8, 4) is 0 Å². The number of nitrogens with zero attached hydrogens (tertiary/aromatic N) is 2. The van der Waals surface area contributed by atoms with Gasteiger partial charge >= 0.3 is 0 Å². The third-order valence-electron chi connectivity index (χ3n) is 3.54. The maximum absolute atomic E-state index is 5.47. The van der Waals surface area contributed by atoms with Gasteiger partial charge in [0.05, 0.1) is 22.4 Å². The van der Waals surface area contributed by atoms with Crippen LogP contribution in [0.4, 0.5) is 0 Å². The molecule has 1 saturated heterocycles. The standard InChI is InChI=1S/C13H22BrN3O/c1-3-5-17-13(11(14)8-16-17)12(15-2)7-10-4-6-18-9-10/h8,10,12,15H,3-7,9H2,1-2H3. The number of hydrogen-bond donors (Lipinski definition) is 1. The van der Waals surface area contributed by atoms with Gasteiger partial charge in [-0.25, -0.2) is 0 Å². The van der Waals surface area contributed by atoms with Crippen LogP contribution in [0.5, 0.6) is 0 Å². The maximum Gasteiger partial charge on any atom is 0.0695 e. The lowest BCUT2D eigenvalue weighted by atomic mass is 9.97. The van der Waals surface area contributed by atoms with Crippen LogP contribution in [0.3, 0.4) is 0 Å². The Morgan fingerprint density at radius 3 is 3.11 bits per heavy atom. The molecule has 0 bridgehead atoms. The predicted molar refractivity (Wildman–Crippen MR) is 75.6 cm³/mol. The summed E-state index contributed by atoms with van der Waals surface area (Å²) < 4.78 is 8.68. The normalized spacial score (nSPS) is 21.4. The predicted octanol–water partition coefficient (Wildman–Crippen LogP) is 2.74. The van der Waals surface area contributed by atoms with Crippen molar-refractivity contribution in [2.24, 2.45) is 5.92 Å². The molecule has 0 aromatic carbocycles. The largest absolute Gasteiger partial charge is 0.381 e. The average molecular weight is 316 g/mol. The lowest BCUT2D eigenvalue weighted by Gasteiger charge is -2.21. The maximum atomic E-state index is 5.47. The molecule has 2 atom stereocenters. The van der Waals surface area contributed by atoms with Crippen LogP contribution in [-0.2, 0) is 11.3 Å². The zero-order chi connectivity index (χ0) is 13.0. The van der Waals surface area contributed by atoms with Crippen molar-refractivity contribution in [2.45, 2.75) is 38.8 Å². The molecule has 0 radical (unpaired) electrons. The number of aromatic nitrogens is 2. The second-order valence-electron chi connectivity index (χ2n) is 4.91. The molecule has 1 aromatic heterocycles. The van der Waals surface area contributed by atoms with Gasteiger partial charge in [0.1, 0.15) is 0 Å². The van der Waals surface area contributed by atoms with Crippen molar-refractivity contribution in [3.63, 3.8) is 0 Å². The van der Waals surface area contributed by atoms with Crippen LogP contribution in [0, 0.1) is 5.92 Å². The molecule has 2 heterocycles. The first kappa shape index (κ1) is 14.0. The summed E-state index contributed by atoms with van der Waals surface area (Å²) in [5.74, 6) is 0.666. The third-order valence-corrected chi connectivity index (χ3v) is 4.15. The Morgan fingerprint density at radius 2 is 2.50 bits per heavy atom. The highest BCUT2D eigenvalue weighted by molar-refractivity contribution is 9.10. The van der Waals surface area contributed by atoms with Crippen molar-refractivity contribution in [2.75, 3.05) is 20.3 Å². The quantitative estimate of drug-likeness (QED) is 0.877. The van der Waals surface area contributed by atoms with Gasteiger partial charge in [-0.3, -0.25) is 4.68 Å². The number of rotatable bonds is 6. The molecule has 2 rings (SSSR count). The molecule has 102 valence electrons. The van der Waals surface area contributed by atoms with Gasteiger partial charge in [-0.05, 0) is 48.2 Å². The van der Waals surface area contributed by atoms with E-state index >= 15 is 0 Å². The summed E-state index contributed by atoms with van der Waals surface area (Å²) in [7, 11) is 2.02. The molecule has 1 aliphatic heterocycles. The van der Waals surface area contributed by atoms with Crippen molar-refractivity contribution < 1.29 is 4.74 Å². The molecule has 0 aliphatic carbocycles. The smallest absolute Gasteiger partial charge is 0.0695 e. The van der Waals surface area contributed by atoms with Crippen LogP contribution < -0.4 is 5.32 Å². The molecule has 5 heteroatoms. The molecule has 18 heavy (non-hydrogen) atoms. The molecule has 1 N–H and O–H groups in total. The summed E-state index contributed by atoms with van der Waals surface area (Å²) in [5.41, 5.74) is 1.27. The summed E-state index contributed by atoms with van der Waals surface area (Å²) in [6, 6.07) is 0.347. The number of nitrogens with one attached hydrogen (secondary N) is 1. The van der Waals surface area contributed by atoms with Gasteiger partial charge in [-0.1, -0.05) is 6.92 Å². The van der Waals surface area contributed by atoms with Crippen molar-refractivity contribution in [1.82, 2.24) is 15.1 Å². The van der Waals surface area contributed by atoms with Gasteiger partial charge in [0, 0.05) is 19.8 Å². The first-order chi connectivity index (χ1) is 8.76. The van der Waals surface area contributed by atoms with Gasteiger partial charge in [-0.2, -0.15) is 5.10 Å². The summed E-state index contributed by atoms with van der Waals surface area (Å²) in [6.45, 7) is 4.97. The second kappa shape index (κ2) is 6.68. The minimum atomic E-state index is 0.347. The Morgan fingerprint density at radius 1 is 1.67 bits per heavy atom.